The van der Waals surface area contributed by atoms with E-state index in [1.165, 1.54) is 89.9 Å². The molecular weight excluding hydrogens is 510 g/mol. The molecule has 0 aromatic heterocycles. The van der Waals surface area contributed by atoms with Gasteiger partial charge in [0.2, 0.25) is 5.91 Å². The summed E-state index contributed by atoms with van der Waals surface area (Å²) >= 11 is 0. The Morgan fingerprint density at radius 3 is 1.51 bits per heavy atom. The molecular formula is C36H67NO4. The molecule has 0 saturated heterocycles. The molecule has 0 radical (unpaired) electrons. The van der Waals surface area contributed by atoms with Crippen LogP contribution in [0.25, 0.3) is 0 Å². The minimum Gasteiger partial charge on any atom is -0.394 e. The van der Waals surface area contributed by atoms with E-state index in [1.807, 2.05) is 6.08 Å². The van der Waals surface area contributed by atoms with Crippen LogP contribution in [0.1, 0.15) is 162 Å². The fourth-order valence-electron chi connectivity index (χ4n) is 4.96. The summed E-state index contributed by atoms with van der Waals surface area (Å²) in [5, 5.41) is 32.9. The number of carbonyl (C=O) groups excluding carboxylic acids is 1. The van der Waals surface area contributed by atoms with Gasteiger partial charge in [0.25, 0.3) is 0 Å². The fraction of sp³-hybridized carbons (Fsp3) is 0.806. The van der Waals surface area contributed by atoms with E-state index in [-0.39, 0.29) is 18.9 Å². The van der Waals surface area contributed by atoms with Gasteiger partial charge in [-0.2, -0.15) is 0 Å². The van der Waals surface area contributed by atoms with Gasteiger partial charge in [0.1, 0.15) is 0 Å². The molecule has 0 fully saturated rings. The quantitative estimate of drug-likeness (QED) is 0.0507. The zero-order valence-corrected chi connectivity index (χ0v) is 26.9. The SMILES string of the molecule is CCC/C=C/CC/C=C/CC/C=C/C(O)C(CO)NC(=O)CC(O)CCCCCCCCCCCCCCCCC. The van der Waals surface area contributed by atoms with Crippen LogP contribution in [0.2, 0.25) is 0 Å². The first-order valence-electron chi connectivity index (χ1n) is 17.3. The van der Waals surface area contributed by atoms with Crippen LogP contribution >= 0.6 is 0 Å². The first kappa shape index (κ1) is 39.6. The van der Waals surface area contributed by atoms with Gasteiger partial charge in [-0.15, -0.1) is 0 Å². The number of hydrogen-bond donors (Lipinski definition) is 4. The number of allylic oxidation sites excluding steroid dienone is 5. The highest BCUT2D eigenvalue weighted by atomic mass is 16.3. The minimum absolute atomic E-state index is 0.00393. The molecule has 0 aromatic rings. The zero-order chi connectivity index (χ0) is 30.2. The van der Waals surface area contributed by atoms with Crippen molar-refractivity contribution in [2.45, 2.75) is 180 Å². The molecule has 0 spiro atoms. The zero-order valence-electron chi connectivity index (χ0n) is 26.9. The maximum Gasteiger partial charge on any atom is 0.222 e. The van der Waals surface area contributed by atoms with Crippen LogP contribution in [0, 0.1) is 0 Å². The number of aliphatic hydroxyl groups is 3. The van der Waals surface area contributed by atoms with E-state index in [9.17, 15) is 20.1 Å². The number of hydrogen-bond acceptors (Lipinski definition) is 4. The molecule has 0 heterocycles. The Hall–Kier alpha value is -1.43. The van der Waals surface area contributed by atoms with E-state index in [4.69, 9.17) is 0 Å². The van der Waals surface area contributed by atoms with Crippen molar-refractivity contribution in [2.75, 3.05) is 6.61 Å². The van der Waals surface area contributed by atoms with Gasteiger partial charge in [-0.3, -0.25) is 4.79 Å². The second kappa shape index (κ2) is 31.5. The summed E-state index contributed by atoms with van der Waals surface area (Å²) in [6.07, 6.45) is 37.0. The normalized spacial score (nSPS) is 14.4. The highest BCUT2D eigenvalue weighted by Crippen LogP contribution is 2.14. The largest absolute Gasteiger partial charge is 0.394 e. The Kier molecular flexibility index (Phi) is 30.4. The maximum atomic E-state index is 12.3. The second-order valence-corrected chi connectivity index (χ2v) is 11.8. The second-order valence-electron chi connectivity index (χ2n) is 11.8. The summed E-state index contributed by atoms with van der Waals surface area (Å²) in [6, 6.07) is -0.762. The number of amides is 1. The van der Waals surface area contributed by atoms with Crippen LogP contribution in [0.4, 0.5) is 0 Å². The van der Waals surface area contributed by atoms with E-state index in [1.54, 1.807) is 6.08 Å². The molecule has 0 bridgehead atoms. The molecule has 0 aliphatic rings. The maximum absolute atomic E-state index is 12.3. The average Bonchev–Trinajstić information content (AvgIpc) is 2.96. The van der Waals surface area contributed by atoms with Crippen molar-refractivity contribution in [3.8, 4) is 0 Å². The monoisotopic (exact) mass is 578 g/mol. The molecule has 41 heavy (non-hydrogen) atoms. The minimum atomic E-state index is -0.954. The van der Waals surface area contributed by atoms with E-state index >= 15 is 0 Å². The van der Waals surface area contributed by atoms with Crippen LogP contribution in [0.15, 0.2) is 36.5 Å². The molecule has 4 N–H and O–H groups in total. The average molecular weight is 578 g/mol. The van der Waals surface area contributed by atoms with Gasteiger partial charge in [0, 0.05) is 0 Å². The molecule has 240 valence electrons. The predicted octanol–water partition coefficient (Wildman–Crippen LogP) is 8.87. The van der Waals surface area contributed by atoms with Crippen LogP contribution in [-0.2, 0) is 4.79 Å². The molecule has 0 aliphatic heterocycles. The van der Waals surface area contributed by atoms with Crippen LogP contribution in [0.3, 0.4) is 0 Å². The molecule has 3 atom stereocenters. The van der Waals surface area contributed by atoms with Gasteiger partial charge in [-0.05, 0) is 38.5 Å². The number of nitrogens with one attached hydrogen (secondary N) is 1. The van der Waals surface area contributed by atoms with Crippen molar-refractivity contribution in [1.82, 2.24) is 5.32 Å². The molecule has 0 aromatic carbocycles. The van der Waals surface area contributed by atoms with E-state index in [0.29, 0.717) is 6.42 Å². The fourth-order valence-corrected chi connectivity index (χ4v) is 4.96. The van der Waals surface area contributed by atoms with E-state index in [2.05, 4.69) is 43.5 Å². The summed E-state index contributed by atoms with van der Waals surface area (Å²) in [5.74, 6) is -0.333. The Labute approximate surface area is 254 Å². The molecule has 0 aliphatic carbocycles. The standard InChI is InChI=1S/C36H67NO4/c1-3-5-7-9-11-13-15-16-17-18-20-21-23-25-27-29-33(39)31-36(41)37-34(32-38)35(40)30-28-26-24-22-19-14-12-10-8-6-4-2/h8,10,19,22,28,30,33-35,38-40H,3-7,9,11-18,20-21,23-27,29,31-32H2,1-2H3,(H,37,41)/b10-8+,22-19+,30-28+. The lowest BCUT2D eigenvalue weighted by Gasteiger charge is -2.21. The van der Waals surface area contributed by atoms with Gasteiger partial charge in [0.05, 0.1) is 31.3 Å². The lowest BCUT2D eigenvalue weighted by molar-refractivity contribution is -0.124. The Bertz CT molecular complexity index is 645. The van der Waals surface area contributed by atoms with Gasteiger partial charge in [-0.25, -0.2) is 0 Å². The van der Waals surface area contributed by atoms with E-state index in [0.717, 1.165) is 44.9 Å². The van der Waals surface area contributed by atoms with Crippen molar-refractivity contribution < 1.29 is 20.1 Å². The summed E-state index contributed by atoms with van der Waals surface area (Å²) < 4.78 is 0. The van der Waals surface area contributed by atoms with Crippen LogP contribution in [0.5, 0.6) is 0 Å². The van der Waals surface area contributed by atoms with Crippen molar-refractivity contribution in [2.24, 2.45) is 0 Å². The molecule has 5 nitrogen and oxygen atoms in total. The van der Waals surface area contributed by atoms with Crippen molar-refractivity contribution in [3.05, 3.63) is 36.5 Å². The smallest absolute Gasteiger partial charge is 0.222 e. The van der Waals surface area contributed by atoms with Crippen molar-refractivity contribution >= 4 is 5.91 Å². The first-order valence-corrected chi connectivity index (χ1v) is 17.3. The van der Waals surface area contributed by atoms with Gasteiger partial charge < -0.3 is 20.6 Å². The number of carbonyl (C=O) groups is 1. The summed E-state index contributed by atoms with van der Waals surface area (Å²) in [7, 11) is 0. The predicted molar refractivity (Wildman–Crippen MR) is 176 cm³/mol. The molecule has 1 amide bonds. The molecule has 0 saturated carbocycles. The highest BCUT2D eigenvalue weighted by molar-refractivity contribution is 5.76. The van der Waals surface area contributed by atoms with Crippen molar-refractivity contribution in [1.29, 1.82) is 0 Å². The Balaban J connectivity index is 3.78. The summed E-state index contributed by atoms with van der Waals surface area (Å²) in [4.78, 5) is 12.3. The Morgan fingerprint density at radius 1 is 0.610 bits per heavy atom. The van der Waals surface area contributed by atoms with Crippen molar-refractivity contribution in [3.63, 3.8) is 0 Å². The first-order chi connectivity index (χ1) is 20.0. The number of rotatable bonds is 30. The number of unbranched alkanes of at least 4 members (excludes halogenated alkanes) is 17. The third-order valence-electron chi connectivity index (χ3n) is 7.64. The van der Waals surface area contributed by atoms with Crippen LogP contribution < -0.4 is 5.32 Å². The van der Waals surface area contributed by atoms with Gasteiger partial charge >= 0.3 is 0 Å². The summed E-state index contributed by atoms with van der Waals surface area (Å²) in [5.41, 5.74) is 0. The van der Waals surface area contributed by atoms with E-state index < -0.39 is 18.2 Å². The lowest BCUT2D eigenvalue weighted by atomic mass is 10.0. The van der Waals surface area contributed by atoms with Gasteiger partial charge in [0.15, 0.2) is 0 Å². The summed E-state index contributed by atoms with van der Waals surface area (Å²) in [6.45, 7) is 4.10. The third-order valence-corrected chi connectivity index (χ3v) is 7.64. The molecule has 0 rings (SSSR count). The molecule has 5 heteroatoms. The Morgan fingerprint density at radius 2 is 1.05 bits per heavy atom. The molecule has 3 unspecified atom stereocenters. The lowest BCUT2D eigenvalue weighted by Crippen LogP contribution is -2.45. The topological polar surface area (TPSA) is 89.8 Å². The highest BCUT2D eigenvalue weighted by Gasteiger charge is 2.20. The van der Waals surface area contributed by atoms with Gasteiger partial charge in [-0.1, -0.05) is 153 Å². The third kappa shape index (κ3) is 28.5. The van der Waals surface area contributed by atoms with Crippen LogP contribution in [-0.4, -0.2) is 46.1 Å². The number of aliphatic hydroxyl groups excluding tert-OH is 3.